The Morgan fingerprint density at radius 1 is 0.300 bits per heavy atom. The Morgan fingerprint density at radius 2 is 0.760 bits per heavy atom. The van der Waals surface area contributed by atoms with Crippen LogP contribution in [-0.2, 0) is 0 Å². The van der Waals surface area contributed by atoms with Gasteiger partial charge in [-0.05, 0) is 75.0 Å². The SMILES string of the molecule is c1ccc(-c2ccccc2N(c2cccc3c4ccccc4c4ccccc4c23)c2cccc3c2c2ccccc2n3-c2ccccc2)cc1. The number of hydrogen-bond donors (Lipinski definition) is 0. The third kappa shape index (κ3) is 4.29. The van der Waals surface area contributed by atoms with Gasteiger partial charge >= 0.3 is 0 Å². The predicted molar refractivity (Wildman–Crippen MR) is 213 cm³/mol. The van der Waals surface area contributed by atoms with Crippen molar-refractivity contribution in [2.24, 2.45) is 0 Å². The Bertz CT molecular complexity index is 2820. The molecular formula is C48H32N2. The largest absolute Gasteiger partial charge is 0.309 e. The average molecular weight is 637 g/mol. The molecule has 10 aromatic rings. The molecule has 0 aliphatic carbocycles. The fourth-order valence-electron chi connectivity index (χ4n) is 8.08. The zero-order chi connectivity index (χ0) is 33.0. The van der Waals surface area contributed by atoms with Gasteiger partial charge in [0.05, 0.1) is 28.1 Å². The van der Waals surface area contributed by atoms with E-state index >= 15 is 0 Å². The molecule has 2 nitrogen and oxygen atoms in total. The van der Waals surface area contributed by atoms with E-state index in [-0.39, 0.29) is 0 Å². The zero-order valence-corrected chi connectivity index (χ0v) is 27.4. The van der Waals surface area contributed by atoms with E-state index in [2.05, 4.69) is 204 Å². The number of fused-ring (bicyclic) bond motifs is 9. The van der Waals surface area contributed by atoms with Crippen molar-refractivity contribution in [2.75, 3.05) is 4.90 Å². The molecule has 0 saturated carbocycles. The number of aromatic nitrogens is 1. The molecule has 0 atom stereocenters. The van der Waals surface area contributed by atoms with E-state index in [0.29, 0.717) is 0 Å². The van der Waals surface area contributed by atoms with Gasteiger partial charge in [-0.1, -0.05) is 152 Å². The van der Waals surface area contributed by atoms with Crippen LogP contribution in [0.5, 0.6) is 0 Å². The Labute approximate surface area is 290 Å². The van der Waals surface area contributed by atoms with Crippen LogP contribution in [0.4, 0.5) is 17.1 Å². The van der Waals surface area contributed by atoms with Crippen LogP contribution >= 0.6 is 0 Å². The number of benzene rings is 9. The van der Waals surface area contributed by atoms with Gasteiger partial charge in [0.15, 0.2) is 0 Å². The van der Waals surface area contributed by atoms with Crippen molar-refractivity contribution < 1.29 is 0 Å². The highest BCUT2D eigenvalue weighted by molar-refractivity contribution is 6.29. The van der Waals surface area contributed by atoms with Gasteiger partial charge in [-0.3, -0.25) is 0 Å². The monoisotopic (exact) mass is 636 g/mol. The third-order valence-corrected chi connectivity index (χ3v) is 10.1. The van der Waals surface area contributed by atoms with Crippen molar-refractivity contribution in [3.63, 3.8) is 0 Å². The minimum atomic E-state index is 1.13. The molecule has 0 aliphatic rings. The van der Waals surface area contributed by atoms with E-state index in [1.165, 1.54) is 65.3 Å². The maximum Gasteiger partial charge on any atom is 0.0562 e. The highest BCUT2D eigenvalue weighted by Crippen LogP contribution is 2.50. The summed E-state index contributed by atoms with van der Waals surface area (Å²) in [7, 11) is 0. The molecule has 0 N–H and O–H groups in total. The van der Waals surface area contributed by atoms with Gasteiger partial charge in [-0.2, -0.15) is 0 Å². The Morgan fingerprint density at radius 3 is 1.48 bits per heavy atom. The summed E-state index contributed by atoms with van der Waals surface area (Å²) in [5.41, 5.74) is 9.29. The van der Waals surface area contributed by atoms with Crippen molar-refractivity contribution in [1.82, 2.24) is 4.57 Å². The highest BCUT2D eigenvalue weighted by atomic mass is 15.2. The molecule has 234 valence electrons. The average Bonchev–Trinajstić information content (AvgIpc) is 3.54. The summed E-state index contributed by atoms with van der Waals surface area (Å²) in [6.45, 7) is 0. The predicted octanol–water partition coefficient (Wildman–Crippen LogP) is 13.4. The summed E-state index contributed by atoms with van der Waals surface area (Å²) in [6, 6.07) is 70.5. The Balaban J connectivity index is 1.39. The lowest BCUT2D eigenvalue weighted by molar-refractivity contribution is 1.18. The summed E-state index contributed by atoms with van der Waals surface area (Å²) < 4.78 is 2.40. The number of nitrogens with zero attached hydrogens (tertiary/aromatic N) is 2. The van der Waals surface area contributed by atoms with Crippen LogP contribution in [-0.4, -0.2) is 4.57 Å². The lowest BCUT2D eigenvalue weighted by Gasteiger charge is -2.30. The van der Waals surface area contributed by atoms with E-state index in [9.17, 15) is 0 Å². The third-order valence-electron chi connectivity index (χ3n) is 10.1. The van der Waals surface area contributed by atoms with Crippen molar-refractivity contribution in [3.8, 4) is 16.8 Å². The van der Waals surface area contributed by atoms with Crippen molar-refractivity contribution in [2.45, 2.75) is 0 Å². The molecule has 0 fully saturated rings. The minimum absolute atomic E-state index is 1.13. The second-order valence-corrected chi connectivity index (χ2v) is 12.9. The first-order valence-corrected chi connectivity index (χ1v) is 17.2. The summed E-state index contributed by atoms with van der Waals surface area (Å²) in [4.78, 5) is 2.52. The molecule has 2 heteroatoms. The molecule has 0 radical (unpaired) electrons. The second-order valence-electron chi connectivity index (χ2n) is 12.9. The molecule has 1 aromatic heterocycles. The second kappa shape index (κ2) is 11.5. The van der Waals surface area contributed by atoms with Crippen LogP contribution in [0.1, 0.15) is 0 Å². The molecule has 0 amide bonds. The first-order valence-electron chi connectivity index (χ1n) is 17.2. The maximum absolute atomic E-state index is 2.52. The van der Waals surface area contributed by atoms with Gasteiger partial charge in [-0.25, -0.2) is 0 Å². The van der Waals surface area contributed by atoms with E-state index in [4.69, 9.17) is 0 Å². The fourth-order valence-corrected chi connectivity index (χ4v) is 8.08. The van der Waals surface area contributed by atoms with Gasteiger partial charge in [0.1, 0.15) is 0 Å². The Hall–Kier alpha value is -6.64. The summed E-state index contributed by atoms with van der Waals surface area (Å²) >= 11 is 0. The number of para-hydroxylation sites is 3. The minimum Gasteiger partial charge on any atom is -0.309 e. The zero-order valence-electron chi connectivity index (χ0n) is 27.4. The topological polar surface area (TPSA) is 8.17 Å². The van der Waals surface area contributed by atoms with Crippen molar-refractivity contribution >= 4 is 71.2 Å². The fraction of sp³-hybridized carbons (Fsp3) is 0. The highest BCUT2D eigenvalue weighted by Gasteiger charge is 2.25. The molecular weight excluding hydrogens is 605 g/mol. The van der Waals surface area contributed by atoms with Gasteiger partial charge in [-0.15, -0.1) is 0 Å². The quantitative estimate of drug-likeness (QED) is 0.171. The molecule has 0 spiro atoms. The van der Waals surface area contributed by atoms with Gasteiger partial charge < -0.3 is 9.47 Å². The molecule has 0 aliphatic heterocycles. The standard InChI is InChI=1S/C48H32N2/c1-3-17-33(18-4-1)35-21-11-13-28-42(35)50(44-30-15-27-40-38-23-8-7-22-36(38)37-24-9-10-25-39(37)47(40)44)46-32-16-31-45-48(46)41-26-12-14-29-43(41)49(45)34-19-5-2-6-20-34/h1-32H. The maximum atomic E-state index is 2.52. The van der Waals surface area contributed by atoms with Crippen molar-refractivity contribution in [3.05, 3.63) is 194 Å². The molecule has 50 heavy (non-hydrogen) atoms. The molecule has 9 aromatic carbocycles. The Kier molecular flexibility index (Phi) is 6.53. The molecule has 0 bridgehead atoms. The lowest BCUT2D eigenvalue weighted by atomic mass is 9.92. The smallest absolute Gasteiger partial charge is 0.0562 e. The number of anilines is 3. The van der Waals surface area contributed by atoms with Gasteiger partial charge in [0, 0.05) is 27.4 Å². The number of hydrogen-bond acceptors (Lipinski definition) is 1. The van der Waals surface area contributed by atoms with Crippen LogP contribution < -0.4 is 4.90 Å². The number of rotatable bonds is 5. The molecule has 10 rings (SSSR count). The van der Waals surface area contributed by atoms with Crippen LogP contribution in [0.15, 0.2) is 194 Å². The van der Waals surface area contributed by atoms with Gasteiger partial charge in [0.2, 0.25) is 0 Å². The van der Waals surface area contributed by atoms with Crippen LogP contribution in [0, 0.1) is 0 Å². The van der Waals surface area contributed by atoms with Crippen molar-refractivity contribution in [1.29, 1.82) is 0 Å². The van der Waals surface area contributed by atoms with E-state index in [1.54, 1.807) is 0 Å². The van der Waals surface area contributed by atoms with Gasteiger partial charge in [0.25, 0.3) is 0 Å². The van der Waals surface area contributed by atoms with E-state index < -0.39 is 0 Å². The van der Waals surface area contributed by atoms with E-state index in [0.717, 1.165) is 22.7 Å². The van der Waals surface area contributed by atoms with Crippen LogP contribution in [0.25, 0.3) is 70.9 Å². The van der Waals surface area contributed by atoms with Crippen LogP contribution in [0.3, 0.4) is 0 Å². The molecule has 1 heterocycles. The summed E-state index contributed by atoms with van der Waals surface area (Å²) in [5.74, 6) is 0. The van der Waals surface area contributed by atoms with Crippen LogP contribution in [0.2, 0.25) is 0 Å². The summed E-state index contributed by atoms with van der Waals surface area (Å²) in [6.07, 6.45) is 0. The lowest BCUT2D eigenvalue weighted by Crippen LogP contribution is -2.12. The molecule has 0 saturated heterocycles. The first kappa shape index (κ1) is 28.4. The normalized spacial score (nSPS) is 11.6. The summed E-state index contributed by atoms with van der Waals surface area (Å²) in [5, 5.41) is 9.98. The first-order chi connectivity index (χ1) is 24.9. The van der Waals surface area contributed by atoms with E-state index in [1.807, 2.05) is 0 Å². The molecule has 0 unspecified atom stereocenters.